The quantitative estimate of drug-likeness (QED) is 0.674. The molecule has 0 aliphatic rings. The van der Waals surface area contributed by atoms with E-state index in [1.807, 2.05) is 30.3 Å². The van der Waals surface area contributed by atoms with Crippen molar-refractivity contribution in [1.82, 2.24) is 0 Å². The smallest absolute Gasteiger partial charge is 0.163 e. The monoisotopic (exact) mass is 186 g/mol. The maximum Gasteiger partial charge on any atom is 0.163 e. The van der Waals surface area contributed by atoms with Crippen LogP contribution in [0.5, 0.6) is 0 Å². The van der Waals surface area contributed by atoms with Gasteiger partial charge in [-0.3, -0.25) is 4.79 Å². The van der Waals surface area contributed by atoms with Gasteiger partial charge in [0.2, 0.25) is 0 Å². The van der Waals surface area contributed by atoms with Crippen LogP contribution in [0, 0.1) is 0 Å². The Bertz CT molecular complexity index is 440. The molecule has 0 spiro atoms. The lowest BCUT2D eigenvalue weighted by Gasteiger charge is -1.92. The molecule has 0 aliphatic heterocycles. The van der Waals surface area contributed by atoms with Crippen LogP contribution in [0.15, 0.2) is 47.1 Å². The van der Waals surface area contributed by atoms with Crippen LogP contribution in [-0.2, 0) is 0 Å². The average Bonchev–Trinajstić information content (AvgIpc) is 2.68. The van der Waals surface area contributed by atoms with E-state index in [-0.39, 0.29) is 5.78 Å². The lowest BCUT2D eigenvalue weighted by atomic mass is 10.1. The van der Waals surface area contributed by atoms with E-state index in [9.17, 15) is 4.79 Å². The maximum atomic E-state index is 11.0. The molecule has 1 heterocycles. The van der Waals surface area contributed by atoms with Crippen molar-refractivity contribution in [3.8, 4) is 11.3 Å². The summed E-state index contributed by atoms with van der Waals surface area (Å²) in [7, 11) is 0. The molecule has 0 N–H and O–H groups in total. The summed E-state index contributed by atoms with van der Waals surface area (Å²) in [5.41, 5.74) is 1.60. The Hall–Kier alpha value is -1.83. The van der Waals surface area contributed by atoms with E-state index in [1.54, 1.807) is 6.07 Å². The van der Waals surface area contributed by atoms with Crippen LogP contribution in [0.3, 0.4) is 0 Å². The zero-order valence-corrected chi connectivity index (χ0v) is 7.86. The van der Waals surface area contributed by atoms with Crippen LogP contribution in [0.4, 0.5) is 0 Å². The van der Waals surface area contributed by atoms with Crippen LogP contribution in [0.1, 0.15) is 17.3 Å². The normalized spacial score (nSPS) is 10.1. The molecular weight excluding hydrogens is 176 g/mol. The molecular formula is C12H10O2. The van der Waals surface area contributed by atoms with E-state index in [0.717, 1.165) is 11.3 Å². The first kappa shape index (κ1) is 8.75. The number of hydrogen-bond acceptors (Lipinski definition) is 2. The van der Waals surface area contributed by atoms with Gasteiger partial charge >= 0.3 is 0 Å². The van der Waals surface area contributed by atoms with Gasteiger partial charge < -0.3 is 4.42 Å². The Balaban J connectivity index is 2.39. The van der Waals surface area contributed by atoms with Gasteiger partial charge in [0.15, 0.2) is 5.78 Å². The van der Waals surface area contributed by atoms with Crippen LogP contribution in [-0.4, -0.2) is 5.78 Å². The fourth-order valence-corrected chi connectivity index (χ4v) is 1.27. The largest absolute Gasteiger partial charge is 0.464 e. The van der Waals surface area contributed by atoms with Crippen molar-refractivity contribution in [1.29, 1.82) is 0 Å². The highest BCUT2D eigenvalue weighted by atomic mass is 16.3. The lowest BCUT2D eigenvalue weighted by molar-refractivity contribution is 0.101. The summed E-state index contributed by atoms with van der Waals surface area (Å²) in [6, 6.07) is 11.5. The highest BCUT2D eigenvalue weighted by molar-refractivity contribution is 5.94. The molecule has 2 nitrogen and oxygen atoms in total. The Morgan fingerprint density at radius 1 is 1.21 bits per heavy atom. The van der Waals surface area contributed by atoms with Gasteiger partial charge in [-0.15, -0.1) is 0 Å². The van der Waals surface area contributed by atoms with Crippen molar-refractivity contribution in [2.24, 2.45) is 0 Å². The average molecular weight is 186 g/mol. The summed E-state index contributed by atoms with van der Waals surface area (Å²) in [5.74, 6) is 0.756. The second-order valence-electron chi connectivity index (χ2n) is 3.12. The molecule has 0 amide bonds. The number of carbonyl (C=O) groups is 1. The van der Waals surface area contributed by atoms with Crippen molar-refractivity contribution in [3.63, 3.8) is 0 Å². The second-order valence-corrected chi connectivity index (χ2v) is 3.12. The predicted octanol–water partition coefficient (Wildman–Crippen LogP) is 3.15. The first-order valence-corrected chi connectivity index (χ1v) is 4.42. The van der Waals surface area contributed by atoms with E-state index in [0.29, 0.717) is 5.56 Å². The van der Waals surface area contributed by atoms with Crippen LogP contribution >= 0.6 is 0 Å². The second kappa shape index (κ2) is 3.50. The number of rotatable bonds is 2. The summed E-state index contributed by atoms with van der Waals surface area (Å²) in [4.78, 5) is 11.0. The highest BCUT2D eigenvalue weighted by Gasteiger charge is 2.06. The Kier molecular flexibility index (Phi) is 2.19. The minimum absolute atomic E-state index is 0.0240. The third-order valence-corrected chi connectivity index (χ3v) is 2.06. The number of furan rings is 1. The van der Waals surface area contributed by atoms with Gasteiger partial charge in [0.1, 0.15) is 12.0 Å². The first-order valence-electron chi connectivity index (χ1n) is 4.42. The summed E-state index contributed by atoms with van der Waals surface area (Å²) in [6.07, 6.45) is 1.49. The van der Waals surface area contributed by atoms with Gasteiger partial charge in [0.05, 0.1) is 5.56 Å². The van der Waals surface area contributed by atoms with Gasteiger partial charge in [0, 0.05) is 5.56 Å². The molecule has 0 saturated heterocycles. The molecule has 1 aromatic heterocycles. The Morgan fingerprint density at radius 3 is 2.50 bits per heavy atom. The molecule has 0 aliphatic carbocycles. The zero-order chi connectivity index (χ0) is 9.97. The fourth-order valence-electron chi connectivity index (χ4n) is 1.27. The highest BCUT2D eigenvalue weighted by Crippen LogP contribution is 2.21. The predicted molar refractivity (Wildman–Crippen MR) is 54.1 cm³/mol. The topological polar surface area (TPSA) is 30.2 Å². The van der Waals surface area contributed by atoms with Crippen LogP contribution < -0.4 is 0 Å². The third kappa shape index (κ3) is 1.59. The molecule has 14 heavy (non-hydrogen) atoms. The zero-order valence-electron chi connectivity index (χ0n) is 7.86. The molecule has 70 valence electrons. The molecule has 2 heteroatoms. The lowest BCUT2D eigenvalue weighted by Crippen LogP contribution is -1.85. The minimum Gasteiger partial charge on any atom is -0.464 e. The summed E-state index contributed by atoms with van der Waals surface area (Å²) >= 11 is 0. The summed E-state index contributed by atoms with van der Waals surface area (Å²) < 4.78 is 5.29. The minimum atomic E-state index is 0.0240. The molecule has 0 saturated carbocycles. The van der Waals surface area contributed by atoms with Crippen molar-refractivity contribution in [3.05, 3.63) is 48.2 Å². The molecule has 0 bridgehead atoms. The Morgan fingerprint density at radius 2 is 1.93 bits per heavy atom. The van der Waals surface area contributed by atoms with Gasteiger partial charge in [-0.1, -0.05) is 30.3 Å². The van der Waals surface area contributed by atoms with Crippen LogP contribution in [0.2, 0.25) is 0 Å². The van der Waals surface area contributed by atoms with E-state index in [2.05, 4.69) is 0 Å². The van der Waals surface area contributed by atoms with Crippen molar-refractivity contribution in [2.75, 3.05) is 0 Å². The van der Waals surface area contributed by atoms with Crippen LogP contribution in [0.25, 0.3) is 11.3 Å². The number of ketones is 1. The maximum absolute atomic E-state index is 11.0. The summed E-state index contributed by atoms with van der Waals surface area (Å²) in [6.45, 7) is 1.53. The molecule has 0 fully saturated rings. The van der Waals surface area contributed by atoms with Crippen molar-refractivity contribution >= 4 is 5.78 Å². The van der Waals surface area contributed by atoms with Crippen molar-refractivity contribution in [2.45, 2.75) is 6.92 Å². The van der Waals surface area contributed by atoms with Gasteiger partial charge in [-0.05, 0) is 13.0 Å². The molecule has 0 unspecified atom stereocenters. The SMILES string of the molecule is CC(=O)c1coc(-c2ccccc2)c1. The molecule has 1 aromatic carbocycles. The van der Waals surface area contributed by atoms with E-state index in [1.165, 1.54) is 13.2 Å². The molecule has 2 aromatic rings. The Labute approximate surface area is 82.2 Å². The van der Waals surface area contributed by atoms with E-state index >= 15 is 0 Å². The van der Waals surface area contributed by atoms with E-state index < -0.39 is 0 Å². The molecule has 0 radical (unpaired) electrons. The fraction of sp³-hybridized carbons (Fsp3) is 0.0833. The van der Waals surface area contributed by atoms with Gasteiger partial charge in [-0.25, -0.2) is 0 Å². The molecule has 2 rings (SSSR count). The first-order chi connectivity index (χ1) is 6.77. The third-order valence-electron chi connectivity index (χ3n) is 2.06. The summed E-state index contributed by atoms with van der Waals surface area (Å²) in [5, 5.41) is 0. The number of Topliss-reactive ketones (excluding diaryl/α,β-unsaturated/α-hetero) is 1. The van der Waals surface area contributed by atoms with E-state index in [4.69, 9.17) is 4.42 Å². The number of benzene rings is 1. The standard InChI is InChI=1S/C12H10O2/c1-9(13)11-7-12(14-8-11)10-5-3-2-4-6-10/h2-8H,1H3. The number of hydrogen-bond donors (Lipinski definition) is 0. The van der Waals surface area contributed by atoms with Gasteiger partial charge in [0.25, 0.3) is 0 Å². The van der Waals surface area contributed by atoms with Gasteiger partial charge in [-0.2, -0.15) is 0 Å². The van der Waals surface area contributed by atoms with Crippen molar-refractivity contribution < 1.29 is 9.21 Å². The molecule has 0 atom stereocenters. The number of carbonyl (C=O) groups excluding carboxylic acids is 1.